The maximum atomic E-state index is 11.7. The topological polar surface area (TPSA) is 91.3 Å². The lowest BCUT2D eigenvalue weighted by molar-refractivity contribution is 0.203. The smallest absolute Gasteiger partial charge is 0.293 e. The second kappa shape index (κ2) is 4.73. The number of aromatic amines is 1. The Hall–Kier alpha value is -1.19. The van der Waals surface area contributed by atoms with E-state index in [0.29, 0.717) is 32.7 Å². The van der Waals surface area contributed by atoms with Crippen LogP contribution >= 0.6 is 0 Å². The lowest BCUT2D eigenvalue weighted by Crippen LogP contribution is -2.41. The normalized spacial score (nSPS) is 23.6. The first-order valence-electron chi connectivity index (χ1n) is 6.40. The van der Waals surface area contributed by atoms with Gasteiger partial charge in [-0.05, 0) is 6.42 Å². The van der Waals surface area contributed by atoms with Crippen molar-refractivity contribution in [3.63, 3.8) is 0 Å². The van der Waals surface area contributed by atoms with Gasteiger partial charge in [0, 0.05) is 32.7 Å². The number of nitrogens with one attached hydrogen (secondary N) is 1. The molecule has 3 rings (SSSR count). The molecule has 0 radical (unpaired) electrons. The number of fused-ring (bicyclic) bond motifs is 1. The molecule has 2 aliphatic heterocycles. The Morgan fingerprint density at radius 2 is 2.05 bits per heavy atom. The van der Waals surface area contributed by atoms with Gasteiger partial charge in [-0.2, -0.15) is 5.10 Å². The van der Waals surface area contributed by atoms with E-state index in [1.807, 2.05) is 0 Å². The van der Waals surface area contributed by atoms with Crippen molar-refractivity contribution in [3.8, 4) is 0 Å². The van der Waals surface area contributed by atoms with Gasteiger partial charge in [0.1, 0.15) is 5.82 Å². The van der Waals surface area contributed by atoms with Gasteiger partial charge in [0.25, 0.3) is 0 Å². The minimum Gasteiger partial charge on any atom is -0.293 e. The highest BCUT2D eigenvalue weighted by Crippen LogP contribution is 2.14. The van der Waals surface area contributed by atoms with Crippen LogP contribution in [0.15, 0.2) is 4.79 Å². The number of hydrogen-bond donors (Lipinski definition) is 1. The van der Waals surface area contributed by atoms with Crippen molar-refractivity contribution in [1.29, 1.82) is 0 Å². The number of aromatic nitrogens is 3. The predicted molar refractivity (Wildman–Crippen MR) is 68.1 cm³/mol. The lowest BCUT2D eigenvalue weighted by Gasteiger charge is -2.27. The van der Waals surface area contributed by atoms with Crippen LogP contribution in [-0.4, -0.2) is 64.3 Å². The molecule has 1 aromatic rings. The molecule has 0 saturated carbocycles. The van der Waals surface area contributed by atoms with Crippen molar-refractivity contribution in [2.45, 2.75) is 19.5 Å². The molecule has 0 aliphatic carbocycles. The summed E-state index contributed by atoms with van der Waals surface area (Å²) in [5, 5.41) is 6.40. The zero-order chi connectivity index (χ0) is 13.5. The second-order valence-electron chi connectivity index (χ2n) is 4.94. The van der Waals surface area contributed by atoms with E-state index in [1.54, 1.807) is 8.87 Å². The van der Waals surface area contributed by atoms with Gasteiger partial charge < -0.3 is 0 Å². The van der Waals surface area contributed by atoms with E-state index in [4.69, 9.17) is 0 Å². The Labute approximate surface area is 111 Å². The van der Waals surface area contributed by atoms with E-state index in [9.17, 15) is 13.2 Å². The monoisotopic (exact) mass is 287 g/mol. The fraction of sp³-hybridized carbons (Fsp3) is 0.800. The van der Waals surface area contributed by atoms with Gasteiger partial charge >= 0.3 is 5.69 Å². The molecule has 0 spiro atoms. The van der Waals surface area contributed by atoms with Gasteiger partial charge in [-0.1, -0.05) is 0 Å². The average molecular weight is 287 g/mol. The fourth-order valence-electron chi connectivity index (χ4n) is 2.61. The standard InChI is InChI=1S/C10H17N5O3S/c16-10-12-11-9-8-13(4-6-15(9)10)3-5-14-2-1-7-19(14,17)18/h1-8H2,(H,12,16). The summed E-state index contributed by atoms with van der Waals surface area (Å²) in [6.07, 6.45) is 0.723. The maximum absolute atomic E-state index is 11.7. The van der Waals surface area contributed by atoms with Crippen molar-refractivity contribution in [2.75, 3.05) is 31.9 Å². The van der Waals surface area contributed by atoms with Crippen LogP contribution in [0.5, 0.6) is 0 Å². The average Bonchev–Trinajstić information content (AvgIpc) is 2.90. The lowest BCUT2D eigenvalue weighted by atomic mass is 10.3. The van der Waals surface area contributed by atoms with E-state index in [2.05, 4.69) is 15.1 Å². The van der Waals surface area contributed by atoms with Crippen LogP contribution in [0.2, 0.25) is 0 Å². The highest BCUT2D eigenvalue weighted by Gasteiger charge is 2.28. The Bertz CT molecular complexity index is 619. The summed E-state index contributed by atoms with van der Waals surface area (Å²) in [4.78, 5) is 13.5. The van der Waals surface area contributed by atoms with Crippen LogP contribution in [0.25, 0.3) is 0 Å². The third kappa shape index (κ3) is 2.45. The number of hydrogen-bond acceptors (Lipinski definition) is 5. The zero-order valence-corrected chi connectivity index (χ0v) is 11.4. The van der Waals surface area contributed by atoms with E-state index in [1.165, 1.54) is 0 Å². The summed E-state index contributed by atoms with van der Waals surface area (Å²) in [5.41, 5.74) is -0.170. The van der Waals surface area contributed by atoms with E-state index in [-0.39, 0.29) is 11.4 Å². The predicted octanol–water partition coefficient (Wildman–Crippen LogP) is -1.58. The first kappa shape index (κ1) is 12.8. The highest BCUT2D eigenvalue weighted by molar-refractivity contribution is 7.89. The van der Waals surface area contributed by atoms with Crippen molar-refractivity contribution in [2.24, 2.45) is 0 Å². The minimum atomic E-state index is -3.01. The molecule has 3 heterocycles. The molecule has 2 aliphatic rings. The van der Waals surface area contributed by atoms with Crippen LogP contribution in [0.1, 0.15) is 12.2 Å². The Balaban J connectivity index is 1.59. The van der Waals surface area contributed by atoms with Crippen molar-refractivity contribution in [3.05, 3.63) is 16.3 Å². The fourth-order valence-corrected chi connectivity index (χ4v) is 4.13. The SMILES string of the molecule is O=c1[nH]nc2n1CCN(CCN1CCCS1(=O)=O)C2. The zero-order valence-electron chi connectivity index (χ0n) is 10.6. The number of sulfonamides is 1. The van der Waals surface area contributed by atoms with Crippen LogP contribution < -0.4 is 5.69 Å². The molecule has 0 unspecified atom stereocenters. The summed E-state index contributed by atoms with van der Waals surface area (Å²) < 4.78 is 26.5. The Kier molecular flexibility index (Phi) is 3.19. The Morgan fingerprint density at radius 3 is 2.79 bits per heavy atom. The molecule has 0 atom stereocenters. The highest BCUT2D eigenvalue weighted by atomic mass is 32.2. The quantitative estimate of drug-likeness (QED) is 0.724. The molecule has 106 valence electrons. The largest absolute Gasteiger partial charge is 0.343 e. The summed E-state index contributed by atoms with van der Waals surface area (Å²) >= 11 is 0. The van der Waals surface area contributed by atoms with Crippen LogP contribution in [0, 0.1) is 0 Å². The van der Waals surface area contributed by atoms with Crippen LogP contribution in [0.3, 0.4) is 0 Å². The third-order valence-corrected chi connectivity index (χ3v) is 5.67. The molecule has 0 aromatic carbocycles. The van der Waals surface area contributed by atoms with Gasteiger partial charge in [-0.15, -0.1) is 0 Å². The molecular weight excluding hydrogens is 270 g/mol. The maximum Gasteiger partial charge on any atom is 0.343 e. The van der Waals surface area contributed by atoms with Crippen molar-refractivity contribution >= 4 is 10.0 Å². The van der Waals surface area contributed by atoms with Gasteiger partial charge in [-0.3, -0.25) is 9.47 Å². The molecule has 0 bridgehead atoms. The van der Waals surface area contributed by atoms with Crippen molar-refractivity contribution < 1.29 is 8.42 Å². The third-order valence-electron chi connectivity index (χ3n) is 3.71. The molecule has 9 heteroatoms. The van der Waals surface area contributed by atoms with E-state index < -0.39 is 10.0 Å². The molecule has 8 nitrogen and oxygen atoms in total. The molecule has 1 aromatic heterocycles. The first-order chi connectivity index (χ1) is 9.06. The molecule has 1 saturated heterocycles. The van der Waals surface area contributed by atoms with Gasteiger partial charge in [0.15, 0.2) is 0 Å². The minimum absolute atomic E-state index is 0.170. The number of H-pyrrole nitrogens is 1. The molecule has 1 fully saturated rings. The van der Waals surface area contributed by atoms with Crippen LogP contribution in [-0.2, 0) is 23.1 Å². The van der Waals surface area contributed by atoms with Gasteiger partial charge in [0.05, 0.1) is 12.3 Å². The summed E-state index contributed by atoms with van der Waals surface area (Å²) in [7, 11) is -3.01. The second-order valence-corrected chi connectivity index (χ2v) is 7.03. The summed E-state index contributed by atoms with van der Waals surface area (Å²) in [6.45, 7) is 3.78. The Morgan fingerprint density at radius 1 is 1.21 bits per heavy atom. The van der Waals surface area contributed by atoms with E-state index in [0.717, 1.165) is 18.8 Å². The first-order valence-corrected chi connectivity index (χ1v) is 8.01. The molecule has 19 heavy (non-hydrogen) atoms. The molecular formula is C10H17N5O3S. The number of nitrogens with zero attached hydrogens (tertiary/aromatic N) is 4. The summed E-state index contributed by atoms with van der Waals surface area (Å²) in [6, 6.07) is 0. The molecule has 1 N–H and O–H groups in total. The van der Waals surface area contributed by atoms with Gasteiger partial charge in [-0.25, -0.2) is 22.6 Å². The molecule has 0 amide bonds. The summed E-state index contributed by atoms with van der Waals surface area (Å²) in [5.74, 6) is 0.992. The van der Waals surface area contributed by atoms with E-state index >= 15 is 0 Å². The van der Waals surface area contributed by atoms with Crippen LogP contribution in [0.4, 0.5) is 0 Å². The number of rotatable bonds is 3. The van der Waals surface area contributed by atoms with Gasteiger partial charge in [0.2, 0.25) is 10.0 Å². The van der Waals surface area contributed by atoms with Crippen molar-refractivity contribution in [1.82, 2.24) is 24.0 Å².